The largest absolute Gasteiger partial charge is 0.494 e. The summed E-state index contributed by atoms with van der Waals surface area (Å²) in [6.07, 6.45) is 7.54. The smallest absolute Gasteiger partial charge is 0.168 e. The van der Waals surface area contributed by atoms with Crippen LogP contribution in [0.2, 0.25) is 0 Å². The molecule has 0 N–H and O–H groups in total. The predicted octanol–water partition coefficient (Wildman–Crippen LogP) is 9.26. The van der Waals surface area contributed by atoms with Crippen LogP contribution in [0.25, 0.3) is 11.1 Å². The van der Waals surface area contributed by atoms with Crippen LogP contribution >= 0.6 is 0 Å². The van der Waals surface area contributed by atoms with Gasteiger partial charge in [0.05, 0.1) is 19.8 Å². The van der Waals surface area contributed by atoms with E-state index in [-0.39, 0.29) is 23.1 Å². The van der Waals surface area contributed by atoms with Gasteiger partial charge in [0.25, 0.3) is 0 Å². The van der Waals surface area contributed by atoms with Gasteiger partial charge in [-0.05, 0) is 85.8 Å². The summed E-state index contributed by atoms with van der Waals surface area (Å²) in [6, 6.07) is 15.1. The van der Waals surface area contributed by atoms with Crippen molar-refractivity contribution in [3.63, 3.8) is 0 Å². The molecule has 1 aliphatic rings. The second kappa shape index (κ2) is 14.1. The zero-order valence-electron chi connectivity index (χ0n) is 22.6. The topological polar surface area (TPSA) is 27.7 Å². The summed E-state index contributed by atoms with van der Waals surface area (Å²) in [5.41, 5.74) is 1.31. The number of rotatable bonds is 13. The normalized spacial score (nSPS) is 17.0. The Morgan fingerprint density at radius 2 is 1.56 bits per heavy atom. The van der Waals surface area contributed by atoms with Crippen LogP contribution in [-0.2, 0) is 0 Å². The molecule has 1 aliphatic carbocycles. The number of halogens is 3. The molecule has 3 nitrogen and oxygen atoms in total. The van der Waals surface area contributed by atoms with Crippen molar-refractivity contribution in [2.75, 3.05) is 19.8 Å². The van der Waals surface area contributed by atoms with Gasteiger partial charge in [-0.25, -0.2) is 13.2 Å². The van der Waals surface area contributed by atoms with Crippen molar-refractivity contribution in [3.8, 4) is 28.4 Å². The van der Waals surface area contributed by atoms with E-state index in [1.165, 1.54) is 6.07 Å². The average molecular weight is 539 g/mol. The van der Waals surface area contributed by atoms with Gasteiger partial charge in [-0.2, -0.15) is 0 Å². The van der Waals surface area contributed by atoms with Gasteiger partial charge in [0.1, 0.15) is 11.5 Å². The van der Waals surface area contributed by atoms with Crippen LogP contribution in [0.5, 0.6) is 17.2 Å². The molecule has 0 spiro atoms. The molecular weight excluding hydrogens is 501 g/mol. The monoisotopic (exact) mass is 538 g/mol. The first kappa shape index (κ1) is 28.6. The molecule has 0 heterocycles. The lowest BCUT2D eigenvalue weighted by molar-refractivity contribution is 0.198. The van der Waals surface area contributed by atoms with E-state index in [0.717, 1.165) is 44.3 Å². The Morgan fingerprint density at radius 3 is 2.26 bits per heavy atom. The Balaban J connectivity index is 1.30. The molecule has 3 aromatic carbocycles. The molecule has 0 amide bonds. The maximum absolute atomic E-state index is 15.2. The lowest BCUT2D eigenvalue weighted by atomic mass is 9.78. The first-order chi connectivity index (χ1) is 19.0. The highest BCUT2D eigenvalue weighted by atomic mass is 19.2. The Labute approximate surface area is 229 Å². The van der Waals surface area contributed by atoms with E-state index in [1.54, 1.807) is 54.6 Å². The van der Waals surface area contributed by atoms with Gasteiger partial charge in [-0.15, -0.1) is 6.58 Å². The molecule has 0 aromatic heterocycles. The minimum Gasteiger partial charge on any atom is -0.494 e. The Kier molecular flexibility index (Phi) is 10.3. The summed E-state index contributed by atoms with van der Waals surface area (Å²) < 4.78 is 61.4. The van der Waals surface area contributed by atoms with Gasteiger partial charge in [0.2, 0.25) is 0 Å². The predicted molar refractivity (Wildman–Crippen MR) is 149 cm³/mol. The lowest BCUT2D eigenvalue weighted by Crippen LogP contribution is -2.20. The van der Waals surface area contributed by atoms with Crippen molar-refractivity contribution in [2.24, 2.45) is 5.92 Å². The molecule has 0 aliphatic heterocycles. The molecule has 0 atom stereocenters. The Bertz CT molecular complexity index is 1220. The third-order valence-electron chi connectivity index (χ3n) is 7.30. The molecule has 1 fully saturated rings. The number of ether oxygens (including phenoxy) is 3. The standard InChI is InChI=1S/C33H37F3O3/c1-3-5-19-37-26-13-11-25(12-14-26)29-17-16-28(32(35)33(29)36)24-9-7-23(8-10-24)22-39-27-15-18-31(30(34)21-27)38-20-6-4-2/h4,11-18,21,23-24H,2-3,5-10,19-20,22H2,1H3. The number of hydrogen-bond acceptors (Lipinski definition) is 3. The van der Waals surface area contributed by atoms with E-state index in [1.807, 2.05) is 0 Å². The maximum atomic E-state index is 15.2. The van der Waals surface area contributed by atoms with Crippen LogP contribution in [-0.4, -0.2) is 19.8 Å². The zero-order chi connectivity index (χ0) is 27.6. The van der Waals surface area contributed by atoms with Crippen LogP contribution in [0.1, 0.15) is 63.4 Å². The second-order valence-corrected chi connectivity index (χ2v) is 10.1. The van der Waals surface area contributed by atoms with Crippen LogP contribution < -0.4 is 14.2 Å². The average Bonchev–Trinajstić information content (AvgIpc) is 2.95. The van der Waals surface area contributed by atoms with Crippen LogP contribution in [0, 0.1) is 23.4 Å². The fourth-order valence-corrected chi connectivity index (χ4v) is 4.96. The summed E-state index contributed by atoms with van der Waals surface area (Å²) in [6.45, 7) is 7.19. The summed E-state index contributed by atoms with van der Waals surface area (Å²) in [5.74, 6) is -0.425. The molecule has 0 radical (unpaired) electrons. The Hall–Kier alpha value is -3.41. The van der Waals surface area contributed by atoms with Crippen LogP contribution in [0.4, 0.5) is 13.2 Å². The highest BCUT2D eigenvalue weighted by molar-refractivity contribution is 5.65. The van der Waals surface area contributed by atoms with Crippen molar-refractivity contribution in [3.05, 3.63) is 90.3 Å². The molecule has 4 rings (SSSR count). The van der Waals surface area contributed by atoms with Gasteiger partial charge in [-0.1, -0.05) is 43.7 Å². The zero-order valence-corrected chi connectivity index (χ0v) is 22.6. The van der Waals surface area contributed by atoms with Crippen molar-refractivity contribution >= 4 is 0 Å². The van der Waals surface area contributed by atoms with Crippen LogP contribution in [0.15, 0.2) is 67.3 Å². The molecule has 39 heavy (non-hydrogen) atoms. The summed E-state index contributed by atoms with van der Waals surface area (Å²) >= 11 is 0. The molecule has 208 valence electrons. The van der Waals surface area contributed by atoms with Crippen molar-refractivity contribution < 1.29 is 27.4 Å². The maximum Gasteiger partial charge on any atom is 0.168 e. The number of benzene rings is 3. The molecule has 0 saturated heterocycles. The first-order valence-electron chi connectivity index (χ1n) is 13.9. The van der Waals surface area contributed by atoms with Crippen LogP contribution in [0.3, 0.4) is 0 Å². The third-order valence-corrected chi connectivity index (χ3v) is 7.30. The summed E-state index contributed by atoms with van der Waals surface area (Å²) in [5, 5.41) is 0. The van der Waals surface area contributed by atoms with E-state index in [0.29, 0.717) is 43.1 Å². The SMILES string of the molecule is C=CCCOc1ccc(OCC2CCC(c3ccc(-c4ccc(OCCCC)cc4)c(F)c3F)CC2)cc1F. The minimum atomic E-state index is -0.809. The van der Waals surface area contributed by atoms with E-state index in [4.69, 9.17) is 14.2 Å². The van der Waals surface area contributed by atoms with Crippen molar-refractivity contribution in [1.82, 2.24) is 0 Å². The van der Waals surface area contributed by atoms with Gasteiger partial charge in [0, 0.05) is 11.6 Å². The quantitative estimate of drug-likeness (QED) is 0.160. The van der Waals surface area contributed by atoms with E-state index >= 15 is 8.78 Å². The van der Waals surface area contributed by atoms with Gasteiger partial charge in [0.15, 0.2) is 23.2 Å². The van der Waals surface area contributed by atoms with Gasteiger partial charge < -0.3 is 14.2 Å². The van der Waals surface area contributed by atoms with Gasteiger partial charge in [-0.3, -0.25) is 0 Å². The molecule has 6 heteroatoms. The number of hydrogen-bond donors (Lipinski definition) is 0. The fourth-order valence-electron chi connectivity index (χ4n) is 4.96. The van der Waals surface area contributed by atoms with Crippen molar-refractivity contribution in [2.45, 2.75) is 57.8 Å². The number of unbranched alkanes of at least 4 members (excludes halogenated alkanes) is 1. The first-order valence-corrected chi connectivity index (χ1v) is 13.9. The summed E-state index contributed by atoms with van der Waals surface area (Å²) in [4.78, 5) is 0. The minimum absolute atomic E-state index is 0.0383. The highest BCUT2D eigenvalue weighted by Crippen LogP contribution is 2.39. The van der Waals surface area contributed by atoms with Crippen molar-refractivity contribution in [1.29, 1.82) is 0 Å². The Morgan fingerprint density at radius 1 is 0.821 bits per heavy atom. The molecule has 1 saturated carbocycles. The van der Waals surface area contributed by atoms with E-state index in [9.17, 15) is 4.39 Å². The molecule has 3 aromatic rings. The van der Waals surface area contributed by atoms with E-state index in [2.05, 4.69) is 13.5 Å². The summed E-state index contributed by atoms with van der Waals surface area (Å²) in [7, 11) is 0. The second-order valence-electron chi connectivity index (χ2n) is 10.1. The molecule has 0 bridgehead atoms. The lowest BCUT2D eigenvalue weighted by Gasteiger charge is -2.29. The highest BCUT2D eigenvalue weighted by Gasteiger charge is 2.27. The van der Waals surface area contributed by atoms with Gasteiger partial charge >= 0.3 is 0 Å². The molecular formula is C33H37F3O3. The fraction of sp³-hybridized carbons (Fsp3) is 0.394. The third kappa shape index (κ3) is 7.59. The molecule has 0 unspecified atom stereocenters. The van der Waals surface area contributed by atoms with E-state index < -0.39 is 17.5 Å².